The Morgan fingerprint density at radius 1 is 1.58 bits per heavy atom. The molecule has 0 aliphatic heterocycles. The Kier molecular flexibility index (Phi) is 7.38. The fraction of sp³-hybridized carbons (Fsp3) is 0.625. The van der Waals surface area contributed by atoms with Crippen molar-refractivity contribution in [3.8, 4) is 0 Å². The average Bonchev–Trinajstić information content (AvgIpc) is 2.09. The Labute approximate surface area is 73.0 Å². The first-order chi connectivity index (χ1) is 5.81. The number of nitrogens with one attached hydrogen (secondary N) is 2. The predicted molar refractivity (Wildman–Crippen MR) is 47.8 cm³/mol. The van der Waals surface area contributed by atoms with Crippen LogP contribution in [0.4, 0.5) is 4.79 Å². The van der Waals surface area contributed by atoms with Crippen LogP contribution in [-0.2, 0) is 4.74 Å². The summed E-state index contributed by atoms with van der Waals surface area (Å²) in [6.07, 6.45) is 4.18. The fourth-order valence-corrected chi connectivity index (χ4v) is 0.628. The Hall–Kier alpha value is -1.03. The van der Waals surface area contributed by atoms with Gasteiger partial charge in [0.15, 0.2) is 0 Å². The number of methoxy groups -OCH3 is 1. The van der Waals surface area contributed by atoms with Crippen molar-refractivity contribution < 1.29 is 9.53 Å². The number of ether oxygens (including phenoxy) is 1. The zero-order valence-corrected chi connectivity index (χ0v) is 7.59. The second-order valence-electron chi connectivity index (χ2n) is 2.25. The molecular formula is C8H16N2O2. The quantitative estimate of drug-likeness (QED) is 0.604. The lowest BCUT2D eigenvalue weighted by Gasteiger charge is -2.02. The number of urea groups is 1. The third-order valence-corrected chi connectivity index (χ3v) is 1.19. The maximum atomic E-state index is 10.9. The number of amides is 2. The van der Waals surface area contributed by atoms with Gasteiger partial charge in [-0.1, -0.05) is 6.08 Å². The molecule has 0 saturated carbocycles. The topological polar surface area (TPSA) is 50.4 Å². The van der Waals surface area contributed by atoms with E-state index in [9.17, 15) is 4.79 Å². The molecule has 0 aromatic heterocycles. The molecule has 12 heavy (non-hydrogen) atoms. The monoisotopic (exact) mass is 172 g/mol. The summed E-state index contributed by atoms with van der Waals surface area (Å²) in [4.78, 5) is 10.9. The van der Waals surface area contributed by atoms with Gasteiger partial charge in [-0.2, -0.15) is 0 Å². The molecule has 0 rings (SSSR count). The van der Waals surface area contributed by atoms with E-state index in [1.54, 1.807) is 19.4 Å². The van der Waals surface area contributed by atoms with Gasteiger partial charge < -0.3 is 15.4 Å². The lowest BCUT2D eigenvalue weighted by Crippen LogP contribution is -2.33. The van der Waals surface area contributed by atoms with Crippen molar-refractivity contribution in [2.24, 2.45) is 0 Å². The van der Waals surface area contributed by atoms with Gasteiger partial charge in [-0.3, -0.25) is 0 Å². The number of allylic oxidation sites excluding steroid dienone is 1. The second kappa shape index (κ2) is 8.07. The number of hydrogen-bond acceptors (Lipinski definition) is 2. The van der Waals surface area contributed by atoms with E-state index >= 15 is 0 Å². The highest BCUT2D eigenvalue weighted by molar-refractivity contribution is 5.74. The van der Waals surface area contributed by atoms with Gasteiger partial charge in [0, 0.05) is 26.5 Å². The van der Waals surface area contributed by atoms with Crippen LogP contribution >= 0.6 is 0 Å². The van der Waals surface area contributed by atoms with Crippen molar-refractivity contribution in [2.45, 2.75) is 13.3 Å². The predicted octanol–water partition coefficient (Wildman–Crippen LogP) is 0.856. The van der Waals surface area contributed by atoms with E-state index < -0.39 is 0 Å². The normalized spacial score (nSPS) is 10.2. The first-order valence-corrected chi connectivity index (χ1v) is 3.95. The van der Waals surface area contributed by atoms with Gasteiger partial charge >= 0.3 is 6.03 Å². The Balaban J connectivity index is 3.20. The summed E-state index contributed by atoms with van der Waals surface area (Å²) in [5.74, 6) is 0. The van der Waals surface area contributed by atoms with Crippen LogP contribution in [0.1, 0.15) is 13.3 Å². The summed E-state index contributed by atoms with van der Waals surface area (Å²) in [5.41, 5.74) is 0. The SMILES string of the molecule is C/C=C/NC(=O)NCCCOC. The highest BCUT2D eigenvalue weighted by Crippen LogP contribution is 1.76. The third-order valence-electron chi connectivity index (χ3n) is 1.19. The van der Waals surface area contributed by atoms with Crippen LogP contribution in [0.2, 0.25) is 0 Å². The molecular weight excluding hydrogens is 156 g/mol. The molecule has 2 amide bonds. The summed E-state index contributed by atoms with van der Waals surface area (Å²) in [5, 5.41) is 5.21. The molecule has 0 aliphatic carbocycles. The first kappa shape index (κ1) is 11.0. The van der Waals surface area contributed by atoms with Crippen molar-refractivity contribution in [3.05, 3.63) is 12.3 Å². The Morgan fingerprint density at radius 2 is 2.33 bits per heavy atom. The lowest BCUT2D eigenvalue weighted by atomic mass is 10.4. The molecule has 4 heteroatoms. The molecule has 0 saturated heterocycles. The molecule has 0 aliphatic rings. The summed E-state index contributed by atoms with van der Waals surface area (Å²) < 4.78 is 4.82. The van der Waals surface area contributed by atoms with Crippen molar-refractivity contribution in [1.29, 1.82) is 0 Å². The maximum absolute atomic E-state index is 10.9. The molecule has 0 spiro atoms. The van der Waals surface area contributed by atoms with Gasteiger partial charge in [0.25, 0.3) is 0 Å². The Morgan fingerprint density at radius 3 is 2.92 bits per heavy atom. The van der Waals surface area contributed by atoms with Crippen molar-refractivity contribution >= 4 is 6.03 Å². The second-order valence-corrected chi connectivity index (χ2v) is 2.25. The molecule has 0 bridgehead atoms. The molecule has 0 aromatic rings. The van der Waals surface area contributed by atoms with Gasteiger partial charge in [0.2, 0.25) is 0 Å². The fourth-order valence-electron chi connectivity index (χ4n) is 0.628. The van der Waals surface area contributed by atoms with E-state index in [0.717, 1.165) is 6.42 Å². The van der Waals surface area contributed by atoms with Crippen molar-refractivity contribution in [2.75, 3.05) is 20.3 Å². The van der Waals surface area contributed by atoms with Crippen LogP contribution in [-0.4, -0.2) is 26.3 Å². The molecule has 0 heterocycles. The smallest absolute Gasteiger partial charge is 0.318 e. The van der Waals surface area contributed by atoms with E-state index in [1.165, 1.54) is 0 Å². The summed E-state index contributed by atoms with van der Waals surface area (Å²) in [6.45, 7) is 3.15. The number of carbonyl (C=O) groups is 1. The van der Waals surface area contributed by atoms with Crippen LogP contribution < -0.4 is 10.6 Å². The molecule has 4 nitrogen and oxygen atoms in total. The summed E-state index contributed by atoms with van der Waals surface area (Å²) in [7, 11) is 1.64. The van der Waals surface area contributed by atoms with E-state index in [4.69, 9.17) is 4.74 Å². The molecule has 0 unspecified atom stereocenters. The van der Waals surface area contributed by atoms with Crippen molar-refractivity contribution in [1.82, 2.24) is 10.6 Å². The first-order valence-electron chi connectivity index (χ1n) is 3.95. The highest BCUT2D eigenvalue weighted by Gasteiger charge is 1.93. The minimum absolute atomic E-state index is 0.177. The van der Waals surface area contributed by atoms with Crippen LogP contribution in [0.5, 0.6) is 0 Å². The van der Waals surface area contributed by atoms with E-state index in [-0.39, 0.29) is 6.03 Å². The summed E-state index contributed by atoms with van der Waals surface area (Å²) in [6, 6.07) is -0.177. The number of carbonyl (C=O) groups excluding carboxylic acids is 1. The largest absolute Gasteiger partial charge is 0.385 e. The van der Waals surface area contributed by atoms with Gasteiger partial charge in [-0.05, 0) is 13.3 Å². The molecule has 0 fully saturated rings. The molecule has 2 N–H and O–H groups in total. The number of hydrogen-bond donors (Lipinski definition) is 2. The van der Waals surface area contributed by atoms with Gasteiger partial charge in [0.1, 0.15) is 0 Å². The van der Waals surface area contributed by atoms with E-state index in [0.29, 0.717) is 13.2 Å². The lowest BCUT2D eigenvalue weighted by molar-refractivity contribution is 0.193. The zero-order valence-electron chi connectivity index (χ0n) is 7.59. The average molecular weight is 172 g/mol. The Bertz CT molecular complexity index is 146. The number of rotatable bonds is 5. The minimum Gasteiger partial charge on any atom is -0.385 e. The molecule has 0 radical (unpaired) electrons. The minimum atomic E-state index is -0.177. The van der Waals surface area contributed by atoms with Crippen LogP contribution in [0.15, 0.2) is 12.3 Å². The molecule has 0 aromatic carbocycles. The standard InChI is InChI=1S/C8H16N2O2/c1-3-5-9-8(11)10-6-4-7-12-2/h3,5H,4,6-7H2,1-2H3,(H2,9,10,11)/b5-3+. The highest BCUT2D eigenvalue weighted by atomic mass is 16.5. The van der Waals surface area contributed by atoms with E-state index in [2.05, 4.69) is 10.6 Å². The van der Waals surface area contributed by atoms with E-state index in [1.807, 2.05) is 6.92 Å². The van der Waals surface area contributed by atoms with Crippen LogP contribution in [0, 0.1) is 0 Å². The molecule has 70 valence electrons. The third kappa shape index (κ3) is 7.08. The zero-order chi connectivity index (χ0) is 9.23. The van der Waals surface area contributed by atoms with Crippen LogP contribution in [0.25, 0.3) is 0 Å². The van der Waals surface area contributed by atoms with Gasteiger partial charge in [-0.25, -0.2) is 4.79 Å². The maximum Gasteiger partial charge on any atom is 0.318 e. The summed E-state index contributed by atoms with van der Waals surface area (Å²) >= 11 is 0. The van der Waals surface area contributed by atoms with Gasteiger partial charge in [-0.15, -0.1) is 0 Å². The molecule has 0 atom stereocenters. The van der Waals surface area contributed by atoms with Crippen LogP contribution in [0.3, 0.4) is 0 Å². The van der Waals surface area contributed by atoms with Gasteiger partial charge in [0.05, 0.1) is 0 Å². The van der Waals surface area contributed by atoms with Crippen molar-refractivity contribution in [3.63, 3.8) is 0 Å².